The van der Waals surface area contributed by atoms with Gasteiger partial charge in [0.25, 0.3) is 11.8 Å². The van der Waals surface area contributed by atoms with Crippen LogP contribution in [0.3, 0.4) is 0 Å². The van der Waals surface area contributed by atoms with Crippen molar-refractivity contribution < 1.29 is 33.5 Å². The number of nitrogens with zero attached hydrogens (tertiary/aromatic N) is 5. The maximum Gasteiger partial charge on any atom is 0.353 e. The number of rotatable bonds is 6. The largest absolute Gasteiger partial charge is 0.477 e. The molecule has 0 bridgehead atoms. The zero-order valence-corrected chi connectivity index (χ0v) is 17.9. The van der Waals surface area contributed by atoms with E-state index in [0.29, 0.717) is 18.0 Å². The summed E-state index contributed by atoms with van der Waals surface area (Å²) in [5.74, 6) is -5.73. The first kappa shape index (κ1) is 22.5. The van der Waals surface area contributed by atoms with Gasteiger partial charge in [-0.1, -0.05) is 16.9 Å². The van der Waals surface area contributed by atoms with Gasteiger partial charge in [-0.05, 0) is 12.8 Å². The molecule has 4 heterocycles. The minimum Gasteiger partial charge on any atom is -0.477 e. The number of amides is 2. The summed E-state index contributed by atoms with van der Waals surface area (Å²) in [6.07, 6.45) is 2.09. The van der Waals surface area contributed by atoms with Crippen molar-refractivity contribution in [3.8, 4) is 0 Å². The fraction of sp³-hybridized carbons (Fsp3) is 0.235. The first-order valence-electron chi connectivity index (χ1n) is 9.11. The van der Waals surface area contributed by atoms with Gasteiger partial charge in [0.05, 0.1) is 17.1 Å². The number of aliphatic carboxylic acids is 1. The Morgan fingerprint density at radius 2 is 2.12 bits per heavy atom. The van der Waals surface area contributed by atoms with Crippen LogP contribution in [0.5, 0.6) is 0 Å². The summed E-state index contributed by atoms with van der Waals surface area (Å²) in [4.78, 5) is 45.3. The van der Waals surface area contributed by atoms with Crippen molar-refractivity contribution in [1.29, 1.82) is 0 Å². The van der Waals surface area contributed by atoms with Crippen LogP contribution in [0.2, 0.25) is 0 Å². The molecule has 16 heteroatoms. The zero-order valence-electron chi connectivity index (χ0n) is 16.2. The van der Waals surface area contributed by atoms with E-state index >= 15 is 0 Å². The molecule has 1 fully saturated rings. The number of carbonyl (C=O) groups is 3. The van der Waals surface area contributed by atoms with Gasteiger partial charge in [-0.15, -0.1) is 0 Å². The monoisotopic (exact) mass is 497 g/mol. The molecule has 0 spiro atoms. The molecule has 2 amide bonds. The summed E-state index contributed by atoms with van der Waals surface area (Å²) in [5.41, 5.74) is 4.50. The predicted octanol–water partition coefficient (Wildman–Crippen LogP) is 0.550. The van der Waals surface area contributed by atoms with Gasteiger partial charge in [-0.3, -0.25) is 19.5 Å². The maximum absolute atomic E-state index is 14.0. The van der Waals surface area contributed by atoms with Crippen molar-refractivity contribution in [3.05, 3.63) is 40.5 Å². The molecule has 172 valence electrons. The fourth-order valence-electron chi connectivity index (χ4n) is 3.47. The number of carboxylic acids is 1. The van der Waals surface area contributed by atoms with Crippen LogP contribution in [0.1, 0.15) is 18.7 Å². The van der Waals surface area contributed by atoms with Crippen LogP contribution in [0.25, 0.3) is 0 Å². The second-order valence-electron chi connectivity index (χ2n) is 6.78. The zero-order chi connectivity index (χ0) is 23.9. The standard InChI is InChI=1S/C17H13F2N7O5S2/c18-5-3-21-4-8(9(5)19)32-7-2-1-6-10(15(28)26(6)12(7)16(29)30)22-14(27)11(24-31)13-23-17(20)33-25-13/h3-4,6,10,31H,1-2H2,(H,22,27)(H,29,30)(H2,20,23,25)/b24-11-. The van der Waals surface area contributed by atoms with Crippen molar-refractivity contribution in [3.63, 3.8) is 0 Å². The van der Waals surface area contributed by atoms with Gasteiger partial charge in [-0.25, -0.2) is 13.6 Å². The van der Waals surface area contributed by atoms with Crippen molar-refractivity contribution in [2.75, 3.05) is 5.73 Å². The van der Waals surface area contributed by atoms with Gasteiger partial charge < -0.3 is 21.4 Å². The van der Waals surface area contributed by atoms with Crippen molar-refractivity contribution in [2.45, 2.75) is 29.8 Å². The number of pyridine rings is 1. The molecule has 2 aromatic heterocycles. The number of β-lactam (4-membered cyclic amide) rings is 1. The number of carbonyl (C=O) groups excluding carboxylic acids is 2. The molecule has 2 atom stereocenters. The summed E-state index contributed by atoms with van der Waals surface area (Å²) in [6.45, 7) is 0. The van der Waals surface area contributed by atoms with Crippen LogP contribution in [0, 0.1) is 11.6 Å². The molecule has 2 unspecified atom stereocenters. The number of nitrogens with one attached hydrogen (secondary N) is 1. The van der Waals surface area contributed by atoms with Gasteiger partial charge in [0.1, 0.15) is 11.7 Å². The van der Waals surface area contributed by atoms with E-state index in [1.807, 2.05) is 0 Å². The number of aromatic nitrogens is 3. The maximum atomic E-state index is 14.0. The Morgan fingerprint density at radius 3 is 2.76 bits per heavy atom. The van der Waals surface area contributed by atoms with Gasteiger partial charge in [0.15, 0.2) is 16.8 Å². The van der Waals surface area contributed by atoms with Crippen LogP contribution in [-0.2, 0) is 14.4 Å². The third-order valence-electron chi connectivity index (χ3n) is 4.89. The number of nitrogen functional groups attached to an aromatic ring is 1. The summed E-state index contributed by atoms with van der Waals surface area (Å²) < 4.78 is 31.3. The summed E-state index contributed by atoms with van der Waals surface area (Å²) >= 11 is 1.44. The predicted molar refractivity (Wildman–Crippen MR) is 109 cm³/mol. The Bertz CT molecular complexity index is 1230. The quantitative estimate of drug-likeness (QED) is 0.190. The van der Waals surface area contributed by atoms with E-state index in [-0.39, 0.29) is 39.3 Å². The number of carboxylic acid groups (broad SMARTS) is 1. The average molecular weight is 497 g/mol. The van der Waals surface area contributed by atoms with Gasteiger partial charge in [0.2, 0.25) is 11.5 Å². The van der Waals surface area contributed by atoms with Crippen molar-refractivity contribution >= 4 is 51.9 Å². The molecule has 33 heavy (non-hydrogen) atoms. The molecule has 2 aliphatic rings. The molecule has 2 aliphatic heterocycles. The number of thioether (sulfide) groups is 1. The molecule has 5 N–H and O–H groups in total. The Hall–Kier alpha value is -3.66. The number of halogens is 2. The second-order valence-corrected chi connectivity index (χ2v) is 8.70. The Kier molecular flexibility index (Phi) is 5.94. The highest BCUT2D eigenvalue weighted by atomic mass is 32.2. The van der Waals surface area contributed by atoms with E-state index in [2.05, 4.69) is 24.8 Å². The summed E-state index contributed by atoms with van der Waals surface area (Å²) in [6, 6.07) is -1.81. The lowest BCUT2D eigenvalue weighted by Crippen LogP contribution is -2.72. The van der Waals surface area contributed by atoms with E-state index in [4.69, 9.17) is 10.9 Å². The number of oxime groups is 1. The highest BCUT2D eigenvalue weighted by Crippen LogP contribution is 2.43. The molecular weight excluding hydrogens is 484 g/mol. The van der Waals surface area contributed by atoms with E-state index < -0.39 is 47.2 Å². The highest BCUT2D eigenvalue weighted by molar-refractivity contribution is 8.03. The molecule has 12 nitrogen and oxygen atoms in total. The van der Waals surface area contributed by atoms with E-state index in [9.17, 15) is 28.3 Å². The first-order chi connectivity index (χ1) is 15.7. The van der Waals surface area contributed by atoms with Crippen LogP contribution in [0.4, 0.5) is 13.9 Å². The first-order valence-corrected chi connectivity index (χ1v) is 10.7. The lowest BCUT2D eigenvalue weighted by atomic mass is 9.86. The lowest BCUT2D eigenvalue weighted by molar-refractivity contribution is -0.155. The Labute approximate surface area is 191 Å². The third kappa shape index (κ3) is 3.97. The highest BCUT2D eigenvalue weighted by Gasteiger charge is 2.54. The number of hydrogen-bond acceptors (Lipinski definition) is 11. The number of allylic oxidation sites excluding steroid dienone is 1. The van der Waals surface area contributed by atoms with Crippen LogP contribution >= 0.6 is 23.3 Å². The van der Waals surface area contributed by atoms with Crippen molar-refractivity contribution in [2.24, 2.45) is 5.16 Å². The normalized spacial score (nSPS) is 20.4. The van der Waals surface area contributed by atoms with Crippen LogP contribution in [-0.4, -0.2) is 65.1 Å². The molecule has 0 aromatic carbocycles. The lowest BCUT2D eigenvalue weighted by Gasteiger charge is -2.50. The topological polar surface area (TPSA) is 184 Å². The number of fused-ring (bicyclic) bond motifs is 1. The van der Waals surface area contributed by atoms with Crippen molar-refractivity contribution in [1.82, 2.24) is 24.6 Å². The molecule has 0 aliphatic carbocycles. The molecule has 0 saturated carbocycles. The van der Waals surface area contributed by atoms with Gasteiger partial charge in [-0.2, -0.15) is 9.36 Å². The molecule has 1 saturated heterocycles. The van der Waals surface area contributed by atoms with E-state index in [1.54, 1.807) is 0 Å². The smallest absolute Gasteiger partial charge is 0.353 e. The number of hydrogen-bond donors (Lipinski definition) is 4. The fourth-order valence-corrected chi connectivity index (χ4v) is 4.97. The minimum atomic E-state index is -1.44. The summed E-state index contributed by atoms with van der Waals surface area (Å²) in [5, 5.41) is 24.1. The summed E-state index contributed by atoms with van der Waals surface area (Å²) in [7, 11) is 0. The Balaban J connectivity index is 1.55. The molecule has 0 radical (unpaired) electrons. The molecule has 2 aromatic rings. The van der Waals surface area contributed by atoms with Gasteiger partial charge >= 0.3 is 5.97 Å². The second kappa shape index (κ2) is 8.70. The van der Waals surface area contributed by atoms with Gasteiger partial charge in [0, 0.05) is 22.6 Å². The Morgan fingerprint density at radius 1 is 1.36 bits per heavy atom. The van der Waals surface area contributed by atoms with Crippen LogP contribution in [0.15, 0.2) is 33.0 Å². The van der Waals surface area contributed by atoms with E-state index in [1.165, 1.54) is 0 Å². The number of anilines is 1. The average Bonchev–Trinajstić information content (AvgIpc) is 3.20. The van der Waals surface area contributed by atoms with E-state index in [0.717, 1.165) is 22.6 Å². The molecule has 4 rings (SSSR count). The van der Waals surface area contributed by atoms with Crippen LogP contribution < -0.4 is 11.1 Å². The minimum absolute atomic E-state index is 0.0309. The number of nitrogens with two attached hydrogens (primary N) is 1. The molecular formula is C17H13F2N7O5S2. The third-order valence-corrected chi connectivity index (χ3v) is 6.58. The SMILES string of the molecule is Nc1nc(/C(=N/O)C(=O)NC2C(=O)N3C(C(=O)O)=C(Sc4cncc(F)c4F)CCC23)ns1.